The molecule has 0 unspecified atom stereocenters. The second-order valence-corrected chi connectivity index (χ2v) is 11.5. The highest BCUT2D eigenvalue weighted by Gasteiger charge is 2.39. The highest BCUT2D eigenvalue weighted by Crippen LogP contribution is 2.37. The Hall–Kier alpha value is -3.64. The van der Waals surface area contributed by atoms with Crippen molar-refractivity contribution in [3.05, 3.63) is 46.9 Å². The molecule has 0 saturated heterocycles. The lowest BCUT2D eigenvalue weighted by Crippen LogP contribution is -2.47. The van der Waals surface area contributed by atoms with E-state index < -0.39 is 29.7 Å². The number of nitrogens with zero attached hydrogens (tertiary/aromatic N) is 4. The highest BCUT2D eigenvalue weighted by molar-refractivity contribution is 7.14. The van der Waals surface area contributed by atoms with E-state index in [1.165, 1.54) is 29.5 Å². The second kappa shape index (κ2) is 10.9. The van der Waals surface area contributed by atoms with E-state index in [4.69, 9.17) is 5.84 Å². The zero-order valence-electron chi connectivity index (χ0n) is 21.8. The van der Waals surface area contributed by atoms with Crippen LogP contribution in [0.3, 0.4) is 0 Å². The molecule has 3 aromatic rings. The average molecular weight is 555 g/mol. The second-order valence-electron chi connectivity index (χ2n) is 10.7. The van der Waals surface area contributed by atoms with Gasteiger partial charge in [0.1, 0.15) is 23.5 Å². The third kappa shape index (κ3) is 5.57. The van der Waals surface area contributed by atoms with Crippen molar-refractivity contribution in [1.29, 1.82) is 0 Å². The first kappa shape index (κ1) is 26.9. The van der Waals surface area contributed by atoms with Crippen molar-refractivity contribution in [3.63, 3.8) is 0 Å². The fourth-order valence-electron chi connectivity index (χ4n) is 4.84. The number of aldehydes is 1. The van der Waals surface area contributed by atoms with E-state index in [0.29, 0.717) is 29.8 Å². The van der Waals surface area contributed by atoms with Crippen LogP contribution >= 0.6 is 11.3 Å². The number of amides is 3. The molecule has 0 bridgehead atoms. The molecular formula is C27H31FN6O4S. The predicted octanol–water partition coefficient (Wildman–Crippen LogP) is 3.94. The summed E-state index contributed by atoms with van der Waals surface area (Å²) in [5.41, 5.74) is 2.05. The normalized spacial score (nSPS) is 15.8. The topological polar surface area (TPSA) is 131 Å². The van der Waals surface area contributed by atoms with Gasteiger partial charge in [-0.25, -0.2) is 20.0 Å². The van der Waals surface area contributed by atoms with Gasteiger partial charge in [-0.1, -0.05) is 26.7 Å². The quantitative estimate of drug-likeness (QED) is 0.128. The van der Waals surface area contributed by atoms with Crippen LogP contribution in [0.15, 0.2) is 29.6 Å². The Morgan fingerprint density at radius 2 is 1.95 bits per heavy atom. The minimum atomic E-state index is -1.05. The molecule has 206 valence electrons. The number of carbonyl (C=O) groups excluding carboxylic acids is 4. The van der Waals surface area contributed by atoms with Crippen molar-refractivity contribution < 1.29 is 23.6 Å². The highest BCUT2D eigenvalue weighted by atomic mass is 32.1. The molecule has 2 saturated carbocycles. The standard InChI is InChI=1S/C27H31FN6O4S/c1-15(2)12-32(19-6-7-19)27-30-21(14-39-27)24(36)33(20(13-35)9-16-3-4-16)25(37)23-11-17-10-18(28)5-8-22(17)34(23)26(38)31-29/h5,8,10-11,13-16,19-20H,3-4,6-7,9,12,29H2,1-2H3,(H,31,38)/t20-/m0/s1. The average Bonchev–Trinajstić information content (AvgIpc) is 3.84. The molecule has 1 aromatic carbocycles. The molecule has 2 aliphatic carbocycles. The summed E-state index contributed by atoms with van der Waals surface area (Å²) < 4.78 is 15.0. The van der Waals surface area contributed by atoms with Crippen LogP contribution in [-0.2, 0) is 4.79 Å². The van der Waals surface area contributed by atoms with E-state index in [9.17, 15) is 23.6 Å². The number of hydrogen-bond donors (Lipinski definition) is 2. The van der Waals surface area contributed by atoms with E-state index in [1.807, 2.05) is 5.43 Å². The molecule has 12 heteroatoms. The first-order chi connectivity index (χ1) is 18.7. The van der Waals surface area contributed by atoms with Gasteiger partial charge in [0, 0.05) is 23.4 Å². The monoisotopic (exact) mass is 554 g/mol. The molecule has 2 aromatic heterocycles. The number of aromatic nitrogens is 2. The summed E-state index contributed by atoms with van der Waals surface area (Å²) in [6.07, 6.45) is 4.83. The molecule has 39 heavy (non-hydrogen) atoms. The Balaban J connectivity index is 1.55. The van der Waals surface area contributed by atoms with Gasteiger partial charge in [-0.15, -0.1) is 11.3 Å². The maximum atomic E-state index is 14.0. The Morgan fingerprint density at radius 1 is 1.21 bits per heavy atom. The smallest absolute Gasteiger partial charge is 0.340 e. The first-order valence-corrected chi connectivity index (χ1v) is 14.0. The van der Waals surface area contributed by atoms with Gasteiger partial charge in [-0.05, 0) is 55.4 Å². The van der Waals surface area contributed by atoms with Crippen LogP contribution < -0.4 is 16.2 Å². The number of hydrazine groups is 1. The largest absolute Gasteiger partial charge is 0.345 e. The third-order valence-corrected chi connectivity index (χ3v) is 7.89. The van der Waals surface area contributed by atoms with Crippen molar-refractivity contribution in [3.8, 4) is 0 Å². The summed E-state index contributed by atoms with van der Waals surface area (Å²) in [5, 5.41) is 2.56. The molecule has 0 radical (unpaired) electrons. The van der Waals surface area contributed by atoms with Crippen LogP contribution in [0.1, 0.15) is 66.9 Å². The van der Waals surface area contributed by atoms with Gasteiger partial charge in [0.05, 0.1) is 11.6 Å². The zero-order valence-corrected chi connectivity index (χ0v) is 22.6. The number of fused-ring (bicyclic) bond motifs is 1. The van der Waals surface area contributed by atoms with Gasteiger partial charge < -0.3 is 9.69 Å². The van der Waals surface area contributed by atoms with E-state index in [1.54, 1.807) is 5.38 Å². The van der Waals surface area contributed by atoms with Crippen LogP contribution in [0, 0.1) is 17.7 Å². The maximum Gasteiger partial charge on any atom is 0.340 e. The van der Waals surface area contributed by atoms with Gasteiger partial charge in [-0.3, -0.25) is 24.5 Å². The van der Waals surface area contributed by atoms with E-state index in [-0.39, 0.29) is 28.2 Å². The summed E-state index contributed by atoms with van der Waals surface area (Å²) in [7, 11) is 0. The number of benzene rings is 1. The molecule has 2 fully saturated rings. The Morgan fingerprint density at radius 3 is 2.56 bits per heavy atom. The lowest BCUT2D eigenvalue weighted by Gasteiger charge is -2.26. The molecular weight excluding hydrogens is 523 g/mol. The molecule has 5 rings (SSSR count). The van der Waals surface area contributed by atoms with Gasteiger partial charge in [0.15, 0.2) is 5.13 Å². The van der Waals surface area contributed by atoms with E-state index >= 15 is 0 Å². The number of thiazole rings is 1. The van der Waals surface area contributed by atoms with Crippen molar-refractivity contribution in [2.24, 2.45) is 17.7 Å². The summed E-state index contributed by atoms with van der Waals surface area (Å²) in [4.78, 5) is 60.6. The number of nitrogen functional groups attached to an aromatic ring is 1. The Bertz CT molecular complexity index is 1430. The minimum Gasteiger partial charge on any atom is -0.345 e. The minimum absolute atomic E-state index is 0.0531. The fraction of sp³-hybridized carbons (Fsp3) is 0.444. The van der Waals surface area contributed by atoms with Crippen LogP contribution in [0.5, 0.6) is 0 Å². The number of rotatable bonds is 10. The maximum absolute atomic E-state index is 14.0. The molecule has 2 aliphatic rings. The Kier molecular flexibility index (Phi) is 7.50. The first-order valence-electron chi connectivity index (χ1n) is 13.1. The molecule has 0 spiro atoms. The SMILES string of the molecule is CC(C)CN(c1nc(C(=O)N(C(=O)c2cc3cc(F)ccc3n2C(=O)NN)[C@H](C=O)CC2CC2)cs1)C1CC1. The lowest BCUT2D eigenvalue weighted by molar-refractivity contribution is -0.111. The van der Waals surface area contributed by atoms with Crippen LogP contribution in [-0.4, -0.2) is 57.2 Å². The summed E-state index contributed by atoms with van der Waals surface area (Å²) >= 11 is 1.32. The number of nitrogens with two attached hydrogens (primary N) is 1. The predicted molar refractivity (Wildman–Crippen MR) is 145 cm³/mol. The number of halogens is 1. The van der Waals surface area contributed by atoms with E-state index in [0.717, 1.165) is 47.8 Å². The lowest BCUT2D eigenvalue weighted by atomic mass is 10.1. The molecule has 10 nitrogen and oxygen atoms in total. The molecule has 2 heterocycles. The van der Waals surface area contributed by atoms with Gasteiger partial charge in [-0.2, -0.15) is 0 Å². The number of anilines is 1. The van der Waals surface area contributed by atoms with E-state index in [2.05, 4.69) is 23.7 Å². The van der Waals surface area contributed by atoms with Crippen molar-refractivity contribution in [2.45, 2.75) is 58.0 Å². The number of nitrogens with one attached hydrogen (secondary N) is 1. The summed E-state index contributed by atoms with van der Waals surface area (Å²) in [6, 6.07) is 3.47. The van der Waals surface area contributed by atoms with Gasteiger partial charge in [0.25, 0.3) is 11.8 Å². The number of imide groups is 1. The van der Waals surface area contributed by atoms with Crippen molar-refractivity contribution in [2.75, 3.05) is 11.4 Å². The molecule has 0 aliphatic heterocycles. The van der Waals surface area contributed by atoms with Crippen molar-refractivity contribution >= 4 is 51.5 Å². The zero-order chi connectivity index (χ0) is 27.8. The van der Waals surface area contributed by atoms with Gasteiger partial charge in [0.2, 0.25) is 0 Å². The van der Waals surface area contributed by atoms with Crippen LogP contribution in [0.4, 0.5) is 14.3 Å². The van der Waals surface area contributed by atoms with Crippen LogP contribution in [0.2, 0.25) is 0 Å². The van der Waals surface area contributed by atoms with Crippen molar-refractivity contribution in [1.82, 2.24) is 19.9 Å². The summed E-state index contributed by atoms with van der Waals surface area (Å²) in [5.74, 6) is 3.84. The number of carbonyl (C=O) groups is 4. The molecule has 1 atom stereocenters. The fourth-order valence-corrected chi connectivity index (χ4v) is 5.72. The Labute approximate surface area is 228 Å². The van der Waals surface area contributed by atoms with Crippen LogP contribution in [0.25, 0.3) is 10.9 Å². The molecule has 3 N–H and O–H groups in total. The third-order valence-electron chi connectivity index (χ3n) is 7.01. The van der Waals surface area contributed by atoms with Gasteiger partial charge >= 0.3 is 6.03 Å². The summed E-state index contributed by atoms with van der Waals surface area (Å²) in [6.45, 7) is 5.02. The number of hydrogen-bond acceptors (Lipinski definition) is 8. The molecule has 3 amide bonds.